The Kier molecular flexibility index (Phi) is 6.50. The Bertz CT molecular complexity index is 1250. The predicted molar refractivity (Wildman–Crippen MR) is 135 cm³/mol. The summed E-state index contributed by atoms with van der Waals surface area (Å²) in [6, 6.07) is 24.7. The Morgan fingerprint density at radius 3 is 2.00 bits per heavy atom. The average Bonchev–Trinajstić information content (AvgIpc) is 2.76. The largest absolute Gasteiger partial charge is 0.340 e. The van der Waals surface area contributed by atoms with Crippen LogP contribution in [0.25, 0.3) is 0 Å². The van der Waals surface area contributed by atoms with Crippen LogP contribution in [0.5, 0.6) is 0 Å². The second-order valence-electron chi connectivity index (χ2n) is 7.86. The highest BCUT2D eigenvalue weighted by molar-refractivity contribution is 5.99. The quantitative estimate of drug-likeness (QED) is 0.275. The van der Waals surface area contributed by atoms with E-state index in [1.807, 2.05) is 92.7 Å². The molecule has 4 aromatic rings. The van der Waals surface area contributed by atoms with Crippen molar-refractivity contribution in [1.82, 2.24) is 9.97 Å². The molecule has 0 aliphatic rings. The number of carbonyl (C=O) groups is 1. The summed E-state index contributed by atoms with van der Waals surface area (Å²) in [6.07, 6.45) is 0. The molecule has 0 atom stereocenters. The standard InChI is InChI=1S/C26H26N6O/c1-17-7-9-20(10-8-17)28-24-16-19(3)27-25(32-24)29-21-11-13-22(14-12-21)30-26(33)31-23-6-4-5-18(2)15-23/h4-16H,1-3H3,(H2,30,31,33)(H2,27,28,29,32). The van der Waals surface area contributed by atoms with Gasteiger partial charge >= 0.3 is 6.03 Å². The average molecular weight is 439 g/mol. The van der Waals surface area contributed by atoms with E-state index in [4.69, 9.17) is 0 Å². The number of nitrogens with zero attached hydrogens (tertiary/aromatic N) is 2. The topological polar surface area (TPSA) is 91.0 Å². The molecule has 166 valence electrons. The van der Waals surface area contributed by atoms with Crippen LogP contribution in [0, 0.1) is 20.8 Å². The van der Waals surface area contributed by atoms with Crippen molar-refractivity contribution in [3.63, 3.8) is 0 Å². The van der Waals surface area contributed by atoms with Crippen molar-refractivity contribution in [3.8, 4) is 0 Å². The van der Waals surface area contributed by atoms with Crippen LogP contribution in [0.4, 0.5) is 39.3 Å². The van der Waals surface area contributed by atoms with Gasteiger partial charge in [-0.25, -0.2) is 9.78 Å². The predicted octanol–water partition coefficient (Wildman–Crippen LogP) is 6.53. The molecule has 7 heteroatoms. The van der Waals surface area contributed by atoms with Crippen LogP contribution >= 0.6 is 0 Å². The number of aryl methyl sites for hydroxylation is 3. The van der Waals surface area contributed by atoms with E-state index in [1.54, 1.807) is 0 Å². The molecule has 1 aromatic heterocycles. The highest BCUT2D eigenvalue weighted by atomic mass is 16.2. The summed E-state index contributed by atoms with van der Waals surface area (Å²) in [7, 11) is 0. The molecule has 0 saturated heterocycles. The third-order valence-corrected chi connectivity index (χ3v) is 4.85. The number of aromatic nitrogens is 2. The van der Waals surface area contributed by atoms with Gasteiger partial charge < -0.3 is 21.3 Å². The minimum Gasteiger partial charge on any atom is -0.340 e. The van der Waals surface area contributed by atoms with Gasteiger partial charge in [0.2, 0.25) is 5.95 Å². The number of rotatable bonds is 6. The molecule has 0 unspecified atom stereocenters. The van der Waals surface area contributed by atoms with Crippen molar-refractivity contribution < 1.29 is 4.79 Å². The molecule has 1 heterocycles. The van der Waals surface area contributed by atoms with Gasteiger partial charge in [0, 0.05) is 34.5 Å². The first kappa shape index (κ1) is 21.8. The SMILES string of the molecule is Cc1ccc(Nc2cc(C)nc(Nc3ccc(NC(=O)Nc4cccc(C)c4)cc3)n2)cc1. The Balaban J connectivity index is 1.38. The van der Waals surface area contributed by atoms with Crippen LogP contribution in [0.15, 0.2) is 78.9 Å². The molecule has 2 amide bonds. The van der Waals surface area contributed by atoms with Gasteiger partial charge in [0.05, 0.1) is 0 Å². The van der Waals surface area contributed by atoms with Crippen molar-refractivity contribution in [2.45, 2.75) is 20.8 Å². The van der Waals surface area contributed by atoms with E-state index in [0.717, 1.165) is 28.3 Å². The van der Waals surface area contributed by atoms with E-state index in [9.17, 15) is 4.79 Å². The van der Waals surface area contributed by atoms with E-state index in [0.29, 0.717) is 17.5 Å². The molecule has 0 bridgehead atoms. The minimum absolute atomic E-state index is 0.296. The van der Waals surface area contributed by atoms with E-state index in [1.165, 1.54) is 5.56 Å². The Hall–Kier alpha value is -4.39. The number of anilines is 6. The maximum absolute atomic E-state index is 12.2. The summed E-state index contributed by atoms with van der Waals surface area (Å²) in [5.74, 6) is 1.20. The second-order valence-corrected chi connectivity index (χ2v) is 7.86. The van der Waals surface area contributed by atoms with Gasteiger partial charge in [-0.2, -0.15) is 4.98 Å². The molecule has 0 saturated carbocycles. The normalized spacial score (nSPS) is 10.4. The number of hydrogen-bond acceptors (Lipinski definition) is 5. The van der Waals surface area contributed by atoms with Crippen LogP contribution in [0.3, 0.4) is 0 Å². The number of urea groups is 1. The molecule has 7 nitrogen and oxygen atoms in total. The lowest BCUT2D eigenvalue weighted by Gasteiger charge is -2.11. The van der Waals surface area contributed by atoms with Crippen LogP contribution in [0.1, 0.15) is 16.8 Å². The second kappa shape index (κ2) is 9.82. The number of hydrogen-bond donors (Lipinski definition) is 4. The van der Waals surface area contributed by atoms with Crippen molar-refractivity contribution in [3.05, 3.63) is 95.7 Å². The maximum atomic E-state index is 12.2. The van der Waals surface area contributed by atoms with E-state index in [-0.39, 0.29) is 6.03 Å². The number of amides is 2. The van der Waals surface area contributed by atoms with Crippen LogP contribution in [-0.4, -0.2) is 16.0 Å². The molecular weight excluding hydrogens is 412 g/mol. The Morgan fingerprint density at radius 1 is 0.636 bits per heavy atom. The molecule has 0 fully saturated rings. The number of benzene rings is 3. The van der Waals surface area contributed by atoms with Gasteiger partial charge in [-0.1, -0.05) is 29.8 Å². The lowest BCUT2D eigenvalue weighted by molar-refractivity contribution is 0.262. The molecule has 4 rings (SSSR count). The third-order valence-electron chi connectivity index (χ3n) is 4.85. The zero-order valence-corrected chi connectivity index (χ0v) is 18.8. The zero-order chi connectivity index (χ0) is 23.2. The molecule has 0 aliphatic carbocycles. The van der Waals surface area contributed by atoms with Crippen molar-refractivity contribution in [2.24, 2.45) is 0 Å². The van der Waals surface area contributed by atoms with Gasteiger partial charge in [0.1, 0.15) is 5.82 Å². The van der Waals surface area contributed by atoms with Crippen molar-refractivity contribution in [2.75, 3.05) is 21.3 Å². The first-order valence-corrected chi connectivity index (χ1v) is 10.6. The summed E-state index contributed by atoms with van der Waals surface area (Å²) in [6.45, 7) is 5.96. The third kappa shape index (κ3) is 6.30. The molecule has 4 N–H and O–H groups in total. The van der Waals surface area contributed by atoms with E-state index >= 15 is 0 Å². The van der Waals surface area contributed by atoms with Crippen molar-refractivity contribution >= 4 is 40.5 Å². The van der Waals surface area contributed by atoms with Gasteiger partial charge in [-0.15, -0.1) is 0 Å². The molecule has 33 heavy (non-hydrogen) atoms. The van der Waals surface area contributed by atoms with E-state index < -0.39 is 0 Å². The summed E-state index contributed by atoms with van der Waals surface area (Å²) in [5.41, 5.74) is 6.32. The molecule has 0 radical (unpaired) electrons. The van der Waals surface area contributed by atoms with Gasteiger partial charge in [-0.05, 0) is 74.9 Å². The summed E-state index contributed by atoms with van der Waals surface area (Å²) in [5, 5.41) is 12.2. The fourth-order valence-corrected chi connectivity index (χ4v) is 3.26. The maximum Gasteiger partial charge on any atom is 0.323 e. The van der Waals surface area contributed by atoms with Gasteiger partial charge in [0.25, 0.3) is 0 Å². The summed E-state index contributed by atoms with van der Waals surface area (Å²) in [4.78, 5) is 21.3. The summed E-state index contributed by atoms with van der Waals surface area (Å²) >= 11 is 0. The lowest BCUT2D eigenvalue weighted by Crippen LogP contribution is -2.19. The number of nitrogens with one attached hydrogen (secondary N) is 4. The summed E-state index contributed by atoms with van der Waals surface area (Å²) < 4.78 is 0. The monoisotopic (exact) mass is 438 g/mol. The van der Waals surface area contributed by atoms with Gasteiger partial charge in [0.15, 0.2) is 0 Å². The lowest BCUT2D eigenvalue weighted by atomic mass is 10.2. The molecule has 0 spiro atoms. The Labute approximate surface area is 193 Å². The highest BCUT2D eigenvalue weighted by Crippen LogP contribution is 2.21. The first-order chi connectivity index (χ1) is 15.9. The van der Waals surface area contributed by atoms with Crippen LogP contribution in [-0.2, 0) is 0 Å². The van der Waals surface area contributed by atoms with Crippen LogP contribution < -0.4 is 21.3 Å². The highest BCUT2D eigenvalue weighted by Gasteiger charge is 2.06. The van der Waals surface area contributed by atoms with Crippen molar-refractivity contribution in [1.29, 1.82) is 0 Å². The minimum atomic E-state index is -0.296. The van der Waals surface area contributed by atoms with E-state index in [2.05, 4.69) is 38.2 Å². The fourth-order valence-electron chi connectivity index (χ4n) is 3.26. The fraction of sp³-hybridized carbons (Fsp3) is 0.115. The number of carbonyl (C=O) groups excluding carboxylic acids is 1. The van der Waals surface area contributed by atoms with Gasteiger partial charge in [-0.3, -0.25) is 0 Å². The zero-order valence-electron chi connectivity index (χ0n) is 18.8. The Morgan fingerprint density at radius 2 is 1.27 bits per heavy atom. The smallest absolute Gasteiger partial charge is 0.323 e. The first-order valence-electron chi connectivity index (χ1n) is 10.6. The molecule has 0 aliphatic heterocycles. The molecular formula is C26H26N6O. The van der Waals surface area contributed by atoms with Crippen LogP contribution in [0.2, 0.25) is 0 Å². The molecule has 3 aromatic carbocycles.